The van der Waals surface area contributed by atoms with E-state index < -0.39 is 37.0 Å². The van der Waals surface area contributed by atoms with E-state index in [2.05, 4.69) is 20.6 Å². The van der Waals surface area contributed by atoms with Gasteiger partial charge in [-0.15, -0.1) is 22.7 Å². The smallest absolute Gasteiger partial charge is 0.338 e. The van der Waals surface area contributed by atoms with Crippen LogP contribution in [0.25, 0.3) is 0 Å². The molecule has 0 aliphatic carbocycles. The molecule has 3 aromatic rings. The van der Waals surface area contributed by atoms with Crippen LogP contribution < -0.4 is 10.6 Å². The molecule has 166 valence electrons. The van der Waals surface area contributed by atoms with Crippen LogP contribution in [0.3, 0.4) is 0 Å². The number of ether oxygens (including phenoxy) is 2. The Hall–Kier alpha value is -3.64. The van der Waals surface area contributed by atoms with Crippen molar-refractivity contribution in [2.75, 3.05) is 23.8 Å². The van der Waals surface area contributed by atoms with Crippen molar-refractivity contribution in [3.63, 3.8) is 0 Å². The first-order chi connectivity index (χ1) is 15.3. The minimum absolute atomic E-state index is 0.149. The molecule has 2 amide bonds. The van der Waals surface area contributed by atoms with Crippen LogP contribution in [0.4, 0.5) is 10.3 Å². The van der Waals surface area contributed by atoms with Crippen LogP contribution in [-0.4, -0.2) is 46.9 Å². The molecule has 0 bridgehead atoms. The zero-order valence-corrected chi connectivity index (χ0v) is 18.7. The fourth-order valence-corrected chi connectivity index (χ4v) is 3.71. The number of carbonyl (C=O) groups excluding carboxylic acids is 4. The van der Waals surface area contributed by atoms with Gasteiger partial charge in [-0.25, -0.2) is 19.6 Å². The number of aromatic nitrogens is 2. The zero-order valence-electron chi connectivity index (χ0n) is 17.0. The summed E-state index contributed by atoms with van der Waals surface area (Å²) in [5.41, 5.74) is 1.85. The molecule has 0 aliphatic heterocycles. The molecular weight excluding hydrogens is 456 g/mol. The third-order valence-corrected chi connectivity index (χ3v) is 5.51. The highest BCUT2D eigenvalue weighted by Gasteiger charge is 2.15. The van der Waals surface area contributed by atoms with Crippen molar-refractivity contribution in [3.8, 4) is 0 Å². The Morgan fingerprint density at radius 3 is 1.44 bits per heavy atom. The second-order valence-electron chi connectivity index (χ2n) is 6.41. The van der Waals surface area contributed by atoms with Crippen LogP contribution >= 0.6 is 22.7 Å². The lowest BCUT2D eigenvalue weighted by Gasteiger charge is -2.07. The number of esters is 2. The molecule has 32 heavy (non-hydrogen) atoms. The lowest BCUT2D eigenvalue weighted by atomic mass is 10.1. The summed E-state index contributed by atoms with van der Waals surface area (Å²) < 4.78 is 9.92. The number of rotatable bonds is 8. The molecule has 0 unspecified atom stereocenters. The third kappa shape index (κ3) is 6.68. The molecule has 2 N–H and O–H groups in total. The Morgan fingerprint density at radius 1 is 0.750 bits per heavy atom. The van der Waals surface area contributed by atoms with E-state index in [0.29, 0.717) is 10.3 Å². The second-order valence-corrected chi connectivity index (χ2v) is 8.13. The largest absolute Gasteiger partial charge is 0.452 e. The first-order valence-corrected chi connectivity index (χ1v) is 10.9. The quantitative estimate of drug-likeness (QED) is 0.476. The van der Waals surface area contributed by atoms with Gasteiger partial charge in [0.25, 0.3) is 11.8 Å². The van der Waals surface area contributed by atoms with E-state index >= 15 is 0 Å². The molecule has 0 fully saturated rings. The van der Waals surface area contributed by atoms with Gasteiger partial charge in [0.15, 0.2) is 23.5 Å². The predicted molar refractivity (Wildman–Crippen MR) is 118 cm³/mol. The zero-order chi connectivity index (χ0) is 23.1. The SMILES string of the molecule is Cc1csc(NC(=O)COC(=O)c2ccc(C(=O)OCC(=O)Nc3nc(C)cs3)cc2)n1. The summed E-state index contributed by atoms with van der Waals surface area (Å²) in [7, 11) is 0. The minimum atomic E-state index is -0.728. The van der Waals surface area contributed by atoms with Crippen LogP contribution in [0.2, 0.25) is 0 Å². The molecule has 10 nitrogen and oxygen atoms in total. The number of carbonyl (C=O) groups is 4. The van der Waals surface area contributed by atoms with Gasteiger partial charge in [-0.1, -0.05) is 0 Å². The third-order valence-electron chi connectivity index (χ3n) is 3.76. The molecule has 0 saturated carbocycles. The lowest BCUT2D eigenvalue weighted by Crippen LogP contribution is -2.21. The van der Waals surface area contributed by atoms with E-state index in [1.54, 1.807) is 24.6 Å². The van der Waals surface area contributed by atoms with Crippen LogP contribution in [0.5, 0.6) is 0 Å². The maximum atomic E-state index is 12.1. The van der Waals surface area contributed by atoms with Crippen molar-refractivity contribution < 1.29 is 28.7 Å². The number of hydrogen-bond donors (Lipinski definition) is 2. The van der Waals surface area contributed by atoms with Crippen molar-refractivity contribution in [3.05, 3.63) is 57.5 Å². The molecule has 2 heterocycles. The number of amides is 2. The maximum absolute atomic E-state index is 12.1. The fraction of sp³-hybridized carbons (Fsp3) is 0.200. The molecule has 3 rings (SSSR count). The van der Waals surface area contributed by atoms with Crippen molar-refractivity contribution in [1.29, 1.82) is 0 Å². The summed E-state index contributed by atoms with van der Waals surface area (Å²) in [6, 6.07) is 5.44. The summed E-state index contributed by atoms with van der Waals surface area (Å²) in [6.45, 7) is 2.64. The van der Waals surface area contributed by atoms with E-state index in [1.165, 1.54) is 46.9 Å². The van der Waals surface area contributed by atoms with Gasteiger partial charge < -0.3 is 9.47 Å². The van der Waals surface area contributed by atoms with Gasteiger partial charge in [-0.05, 0) is 38.1 Å². The summed E-state index contributed by atoms with van der Waals surface area (Å²) >= 11 is 2.53. The summed E-state index contributed by atoms with van der Waals surface area (Å²) in [6.07, 6.45) is 0. The van der Waals surface area contributed by atoms with Gasteiger partial charge in [0.2, 0.25) is 0 Å². The van der Waals surface area contributed by atoms with Gasteiger partial charge in [-0.3, -0.25) is 20.2 Å². The number of thiazole rings is 2. The first-order valence-electron chi connectivity index (χ1n) is 9.18. The molecule has 0 aliphatic rings. The average molecular weight is 475 g/mol. The van der Waals surface area contributed by atoms with Crippen molar-refractivity contribution in [2.45, 2.75) is 13.8 Å². The first kappa shape index (κ1) is 23.0. The number of nitrogens with one attached hydrogen (secondary N) is 2. The van der Waals surface area contributed by atoms with Crippen molar-refractivity contribution >= 4 is 56.7 Å². The second kappa shape index (κ2) is 10.6. The molecule has 1 aromatic carbocycles. The van der Waals surface area contributed by atoms with E-state index in [1.807, 2.05) is 0 Å². The van der Waals surface area contributed by atoms with E-state index in [-0.39, 0.29) is 11.1 Å². The van der Waals surface area contributed by atoms with E-state index in [4.69, 9.17) is 9.47 Å². The van der Waals surface area contributed by atoms with Crippen molar-refractivity contribution in [2.24, 2.45) is 0 Å². The highest BCUT2D eigenvalue weighted by atomic mass is 32.1. The fourth-order valence-electron chi connectivity index (χ4n) is 2.30. The summed E-state index contributed by atoms with van der Waals surface area (Å²) in [5, 5.41) is 9.45. The summed E-state index contributed by atoms with van der Waals surface area (Å²) in [5.74, 6) is -2.49. The number of aryl methyl sites for hydroxylation is 2. The van der Waals surface area contributed by atoms with Crippen LogP contribution in [0.15, 0.2) is 35.0 Å². The predicted octanol–water partition coefficient (Wildman–Crippen LogP) is 2.81. The Kier molecular flexibility index (Phi) is 7.63. The van der Waals surface area contributed by atoms with Gasteiger partial charge in [-0.2, -0.15) is 0 Å². The van der Waals surface area contributed by atoms with Crippen molar-refractivity contribution in [1.82, 2.24) is 9.97 Å². The Labute approximate surface area is 190 Å². The molecule has 0 atom stereocenters. The van der Waals surface area contributed by atoms with Gasteiger partial charge in [0, 0.05) is 10.8 Å². The molecule has 0 saturated heterocycles. The molecule has 0 spiro atoms. The molecular formula is C20H18N4O6S2. The highest BCUT2D eigenvalue weighted by molar-refractivity contribution is 7.14. The molecule has 0 radical (unpaired) electrons. The maximum Gasteiger partial charge on any atom is 0.338 e. The Bertz CT molecular complexity index is 1050. The number of nitrogens with zero attached hydrogens (tertiary/aromatic N) is 2. The van der Waals surface area contributed by atoms with Crippen LogP contribution in [0, 0.1) is 13.8 Å². The van der Waals surface area contributed by atoms with Gasteiger partial charge >= 0.3 is 11.9 Å². The van der Waals surface area contributed by atoms with Crippen LogP contribution in [-0.2, 0) is 19.1 Å². The number of hydrogen-bond acceptors (Lipinski definition) is 10. The lowest BCUT2D eigenvalue weighted by molar-refractivity contribution is -0.119. The highest BCUT2D eigenvalue weighted by Crippen LogP contribution is 2.15. The standard InChI is InChI=1S/C20H18N4O6S2/c1-11-9-31-19(21-11)23-15(25)7-29-17(27)13-3-5-14(6-4-13)18(28)30-8-16(26)24-20-22-12(2)10-32-20/h3-6,9-10H,7-8H2,1-2H3,(H,21,23,25)(H,22,24,26). The van der Waals surface area contributed by atoms with E-state index in [0.717, 1.165) is 11.4 Å². The Balaban J connectivity index is 1.43. The number of benzene rings is 1. The molecule has 2 aromatic heterocycles. The van der Waals surface area contributed by atoms with Crippen LogP contribution in [0.1, 0.15) is 32.1 Å². The van der Waals surface area contributed by atoms with E-state index in [9.17, 15) is 19.2 Å². The van der Waals surface area contributed by atoms with Gasteiger partial charge in [0.05, 0.1) is 22.5 Å². The van der Waals surface area contributed by atoms with Gasteiger partial charge in [0.1, 0.15) is 0 Å². The molecule has 12 heteroatoms. The average Bonchev–Trinajstić information content (AvgIpc) is 3.37. The summed E-state index contributed by atoms with van der Waals surface area (Å²) in [4.78, 5) is 56.0. The monoisotopic (exact) mass is 474 g/mol. The number of anilines is 2. The normalized spacial score (nSPS) is 10.3. The topological polar surface area (TPSA) is 137 Å². The Morgan fingerprint density at radius 2 is 1.12 bits per heavy atom. The minimum Gasteiger partial charge on any atom is -0.452 e.